The van der Waals surface area contributed by atoms with Gasteiger partial charge in [-0.15, -0.1) is 0 Å². The van der Waals surface area contributed by atoms with Crippen LogP contribution in [0.3, 0.4) is 0 Å². The Morgan fingerprint density at radius 1 is 1.03 bits per heavy atom. The van der Waals surface area contributed by atoms with Gasteiger partial charge in [0.05, 0.1) is 25.2 Å². The van der Waals surface area contributed by atoms with Crippen molar-refractivity contribution in [1.82, 2.24) is 9.21 Å². The zero-order valence-electron chi connectivity index (χ0n) is 23.1. The Hall–Kier alpha value is -2.14. The van der Waals surface area contributed by atoms with Crippen LogP contribution in [0.2, 0.25) is 0 Å². The molecule has 1 aromatic rings. The van der Waals surface area contributed by atoms with Gasteiger partial charge >= 0.3 is 0 Å². The van der Waals surface area contributed by atoms with E-state index in [1.165, 1.54) is 42.8 Å². The average molecular weight is 565 g/mol. The zero-order chi connectivity index (χ0) is 27.7. The molecule has 4 rings (SSSR count). The number of likely N-dealkylation sites (tertiary alicyclic amines) is 1. The number of sulfonamides is 1. The molecule has 2 aliphatic heterocycles. The van der Waals surface area contributed by atoms with Crippen LogP contribution in [-0.2, 0) is 24.3 Å². The number of benzene rings is 1. The fourth-order valence-electron chi connectivity index (χ4n) is 5.90. The second kappa shape index (κ2) is 14.5. The molecule has 1 saturated carbocycles. The first-order chi connectivity index (χ1) is 18.9. The van der Waals surface area contributed by atoms with Crippen molar-refractivity contribution in [3.63, 3.8) is 0 Å². The number of ether oxygens (including phenoxy) is 3. The predicted octanol–water partition coefficient (Wildman–Crippen LogP) is 3.92. The molecule has 2 fully saturated rings. The van der Waals surface area contributed by atoms with Gasteiger partial charge in [0.1, 0.15) is 5.75 Å². The Kier molecular flexibility index (Phi) is 11.1. The van der Waals surface area contributed by atoms with Crippen LogP contribution in [0.4, 0.5) is 0 Å². The largest absolute Gasteiger partial charge is 0.497 e. The summed E-state index contributed by atoms with van der Waals surface area (Å²) in [5.74, 6) is 1.60. The van der Waals surface area contributed by atoms with Crippen molar-refractivity contribution in [2.75, 3.05) is 46.5 Å². The van der Waals surface area contributed by atoms with Crippen LogP contribution in [0.15, 0.2) is 41.0 Å². The van der Waals surface area contributed by atoms with Crippen LogP contribution in [0.1, 0.15) is 64.2 Å². The molecule has 218 valence electrons. The van der Waals surface area contributed by atoms with Crippen molar-refractivity contribution < 1.29 is 32.5 Å². The van der Waals surface area contributed by atoms with Crippen molar-refractivity contribution >= 4 is 15.9 Å². The van der Waals surface area contributed by atoms with Gasteiger partial charge in [0.25, 0.3) is 5.91 Å². The van der Waals surface area contributed by atoms with Crippen molar-refractivity contribution in [3.05, 3.63) is 36.1 Å². The number of amides is 1. The minimum atomic E-state index is -3.84. The van der Waals surface area contributed by atoms with Gasteiger partial charge in [0, 0.05) is 32.6 Å². The van der Waals surface area contributed by atoms with Gasteiger partial charge in [0.15, 0.2) is 5.76 Å². The van der Waals surface area contributed by atoms with Gasteiger partial charge in [-0.2, -0.15) is 4.31 Å². The number of methoxy groups -OCH3 is 1. The Labute approximate surface area is 233 Å². The van der Waals surface area contributed by atoms with Crippen LogP contribution in [-0.4, -0.2) is 81.4 Å². The topological polar surface area (TPSA) is 106 Å². The van der Waals surface area contributed by atoms with Gasteiger partial charge in [-0.25, -0.2) is 8.42 Å². The lowest BCUT2D eigenvalue weighted by atomic mass is 9.86. The number of rotatable bonds is 11. The van der Waals surface area contributed by atoms with E-state index in [0.29, 0.717) is 23.8 Å². The molecule has 0 spiro atoms. The minimum Gasteiger partial charge on any atom is -0.497 e. The van der Waals surface area contributed by atoms with Crippen LogP contribution in [0.25, 0.3) is 0 Å². The molecule has 2 heterocycles. The van der Waals surface area contributed by atoms with Crippen LogP contribution in [0.5, 0.6) is 5.75 Å². The summed E-state index contributed by atoms with van der Waals surface area (Å²) < 4.78 is 45.0. The molecule has 3 aliphatic rings. The van der Waals surface area contributed by atoms with Gasteiger partial charge < -0.3 is 24.2 Å². The summed E-state index contributed by atoms with van der Waals surface area (Å²) in [6.07, 6.45) is 12.3. The average Bonchev–Trinajstić information content (AvgIpc) is 3.47. The van der Waals surface area contributed by atoms with E-state index in [9.17, 15) is 18.3 Å². The lowest BCUT2D eigenvalue weighted by molar-refractivity contribution is -0.157. The smallest absolute Gasteiger partial charge is 0.288 e. The van der Waals surface area contributed by atoms with E-state index >= 15 is 0 Å². The predicted molar refractivity (Wildman–Crippen MR) is 147 cm³/mol. The van der Waals surface area contributed by atoms with Gasteiger partial charge in [0.2, 0.25) is 16.3 Å². The lowest BCUT2D eigenvalue weighted by Gasteiger charge is -2.34. The third-order valence-electron chi connectivity index (χ3n) is 8.14. The van der Waals surface area contributed by atoms with Crippen molar-refractivity contribution in [2.45, 2.75) is 75.4 Å². The standard InChI is InChI=1S/C29H44N2O7S/c1-36-25-11-13-26(14-12-25)39(34,35)31(17-19-32)18-20-37-28-22-24(23-9-5-6-10-23)21-27(38-28)29(33)30-15-7-3-2-4-8-16-30/h11-14,21,23-24,28,32H,2-10,15-20,22H2,1H3/t24-,28+/m0/s1. The highest BCUT2D eigenvalue weighted by molar-refractivity contribution is 7.89. The van der Waals surface area contributed by atoms with E-state index in [4.69, 9.17) is 14.2 Å². The summed E-state index contributed by atoms with van der Waals surface area (Å²) in [4.78, 5) is 15.5. The molecule has 10 heteroatoms. The van der Waals surface area contributed by atoms with Gasteiger partial charge in [-0.05, 0) is 67.9 Å². The quantitative estimate of drug-likeness (QED) is 0.434. The van der Waals surface area contributed by atoms with E-state index in [-0.39, 0.29) is 43.0 Å². The summed E-state index contributed by atoms with van der Waals surface area (Å²) >= 11 is 0. The highest BCUT2D eigenvalue weighted by atomic mass is 32.2. The van der Waals surface area contributed by atoms with Crippen LogP contribution >= 0.6 is 0 Å². The number of allylic oxidation sites excluding steroid dienone is 1. The van der Waals surface area contributed by atoms with Crippen molar-refractivity contribution in [1.29, 1.82) is 0 Å². The van der Waals surface area contributed by atoms with Gasteiger partial charge in [-0.3, -0.25) is 4.79 Å². The molecule has 39 heavy (non-hydrogen) atoms. The van der Waals surface area contributed by atoms with Gasteiger partial charge in [-0.1, -0.05) is 32.1 Å². The van der Waals surface area contributed by atoms with Crippen LogP contribution < -0.4 is 4.74 Å². The minimum absolute atomic E-state index is 0.0491. The third-order valence-corrected chi connectivity index (χ3v) is 10.1. The lowest BCUT2D eigenvalue weighted by Crippen LogP contribution is -2.40. The van der Waals surface area contributed by atoms with Crippen LogP contribution in [0, 0.1) is 11.8 Å². The monoisotopic (exact) mass is 564 g/mol. The Bertz CT molecular complexity index is 1050. The first-order valence-corrected chi connectivity index (χ1v) is 15.9. The van der Waals surface area contributed by atoms with E-state index in [2.05, 4.69) is 0 Å². The van der Waals surface area contributed by atoms with E-state index in [1.807, 2.05) is 11.0 Å². The molecule has 0 aromatic heterocycles. The molecule has 0 unspecified atom stereocenters. The van der Waals surface area contributed by atoms with Crippen molar-refractivity contribution in [3.8, 4) is 5.75 Å². The summed E-state index contributed by atoms with van der Waals surface area (Å²) in [7, 11) is -2.31. The Morgan fingerprint density at radius 2 is 1.69 bits per heavy atom. The zero-order valence-corrected chi connectivity index (χ0v) is 23.9. The van der Waals surface area contributed by atoms with E-state index in [1.54, 1.807) is 12.1 Å². The fourth-order valence-corrected chi connectivity index (χ4v) is 7.32. The molecule has 1 aromatic carbocycles. The fraction of sp³-hybridized carbons (Fsp3) is 0.690. The summed E-state index contributed by atoms with van der Waals surface area (Å²) in [5, 5.41) is 9.55. The number of hydrogen-bond acceptors (Lipinski definition) is 7. The normalized spacial score (nSPS) is 23.2. The first kappa shape index (κ1) is 29.8. The number of nitrogens with zero attached hydrogens (tertiary/aromatic N) is 2. The second-order valence-electron chi connectivity index (χ2n) is 10.8. The number of hydrogen-bond donors (Lipinski definition) is 1. The van der Waals surface area contributed by atoms with E-state index < -0.39 is 16.3 Å². The summed E-state index contributed by atoms with van der Waals surface area (Å²) in [5.41, 5.74) is 0. The maximum atomic E-state index is 13.5. The SMILES string of the molecule is COc1ccc(S(=O)(=O)N(CCO)CCO[C@H]2C[C@@H](C3CCCC3)C=C(C(=O)N3CCCCCCC3)O2)cc1. The van der Waals surface area contributed by atoms with E-state index in [0.717, 1.165) is 51.6 Å². The maximum absolute atomic E-state index is 13.5. The highest BCUT2D eigenvalue weighted by Crippen LogP contribution is 2.38. The molecular weight excluding hydrogens is 520 g/mol. The summed E-state index contributed by atoms with van der Waals surface area (Å²) in [6, 6.07) is 6.17. The molecule has 1 saturated heterocycles. The third kappa shape index (κ3) is 7.96. The molecule has 2 atom stereocenters. The molecular formula is C29H44N2O7S. The molecule has 0 bridgehead atoms. The highest BCUT2D eigenvalue weighted by Gasteiger charge is 2.35. The number of aliphatic hydroxyl groups excluding tert-OH is 1. The molecule has 1 amide bonds. The van der Waals surface area contributed by atoms with Crippen molar-refractivity contribution in [2.24, 2.45) is 11.8 Å². The second-order valence-corrected chi connectivity index (χ2v) is 12.7. The first-order valence-electron chi connectivity index (χ1n) is 14.5. The molecule has 0 radical (unpaired) electrons. The number of carbonyl (C=O) groups excluding carboxylic acids is 1. The summed E-state index contributed by atoms with van der Waals surface area (Å²) in [6.45, 7) is 1.28. The molecule has 1 N–H and O–H groups in total. The molecule has 9 nitrogen and oxygen atoms in total. The Balaban J connectivity index is 1.41. The molecule has 1 aliphatic carbocycles. The Morgan fingerprint density at radius 3 is 2.33 bits per heavy atom. The maximum Gasteiger partial charge on any atom is 0.288 e. The number of carbonyl (C=O) groups is 1. The number of aliphatic hydroxyl groups is 1.